The molecule has 1 aliphatic carbocycles. The molecule has 0 fully saturated rings. The van der Waals surface area contributed by atoms with Gasteiger partial charge >= 0.3 is 5.97 Å². The predicted octanol–water partition coefficient (Wildman–Crippen LogP) is 10.0. The number of carbonyl (C=O) groups is 1. The molecule has 3 rings (SSSR count). The minimum absolute atomic E-state index is 0.0690. The Labute approximate surface area is 254 Å². The lowest BCUT2D eigenvalue weighted by Gasteiger charge is -2.35. The number of ether oxygens (including phenoxy) is 1. The molecule has 2 aromatic rings. The van der Waals surface area contributed by atoms with Gasteiger partial charge in [-0.2, -0.15) is 0 Å². The lowest BCUT2D eigenvalue weighted by atomic mass is 9.68. The van der Waals surface area contributed by atoms with Crippen molar-refractivity contribution in [2.75, 3.05) is 6.61 Å². The molecule has 0 spiro atoms. The van der Waals surface area contributed by atoms with E-state index in [-0.39, 0.29) is 17.3 Å². The number of allylic oxidation sites excluding steroid dienone is 5. The Morgan fingerprint density at radius 3 is 2.31 bits per heavy atom. The van der Waals surface area contributed by atoms with Crippen LogP contribution in [-0.2, 0) is 14.9 Å². The molecule has 1 unspecified atom stereocenters. The molecule has 0 amide bonds. The molecule has 0 bridgehead atoms. The van der Waals surface area contributed by atoms with E-state index < -0.39 is 12.1 Å². The van der Waals surface area contributed by atoms with Gasteiger partial charge in [0.2, 0.25) is 0 Å². The third-order valence-electron chi connectivity index (χ3n) is 8.93. The number of unbranched alkanes of at least 4 members (excludes halogenated alkanes) is 3. The van der Waals surface area contributed by atoms with Crippen LogP contribution in [0.4, 0.5) is 0 Å². The Bertz CT molecular complexity index is 1300. The summed E-state index contributed by atoms with van der Waals surface area (Å²) in [6.45, 7) is 15.7. The van der Waals surface area contributed by atoms with Crippen molar-refractivity contribution in [3.8, 4) is 11.1 Å². The van der Waals surface area contributed by atoms with Crippen LogP contribution >= 0.6 is 0 Å². The van der Waals surface area contributed by atoms with Gasteiger partial charge in [-0.15, -0.1) is 0 Å². The second kappa shape index (κ2) is 14.9. The molecular weight excluding hydrogens is 520 g/mol. The minimum atomic E-state index is -0.721. The zero-order valence-electron chi connectivity index (χ0n) is 26.9. The maximum atomic E-state index is 10.9. The number of aliphatic carboxylic acids is 1. The van der Waals surface area contributed by atoms with Crippen LogP contribution in [0.25, 0.3) is 11.1 Å². The van der Waals surface area contributed by atoms with Crippen molar-refractivity contribution in [2.45, 2.75) is 111 Å². The summed E-state index contributed by atoms with van der Waals surface area (Å²) in [5.41, 5.74) is 8.15. The number of hydrogen-bond donors (Lipinski definition) is 2. The highest BCUT2D eigenvalue weighted by Crippen LogP contribution is 2.43. The highest BCUT2D eigenvalue weighted by Gasteiger charge is 2.33. The molecule has 4 nitrogen and oxygen atoms in total. The highest BCUT2D eigenvalue weighted by atomic mass is 16.5. The largest absolute Gasteiger partial charge is 0.493 e. The van der Waals surface area contributed by atoms with Crippen LogP contribution in [0.1, 0.15) is 116 Å². The number of aliphatic hydroxyl groups is 1. The van der Waals surface area contributed by atoms with Crippen LogP contribution in [0.2, 0.25) is 0 Å². The number of aliphatic hydroxyl groups excluding tert-OH is 1. The Kier molecular flexibility index (Phi) is 11.8. The minimum Gasteiger partial charge on any atom is -0.493 e. The van der Waals surface area contributed by atoms with Crippen molar-refractivity contribution in [2.24, 2.45) is 5.41 Å². The number of aryl methyl sites for hydroxylation is 1. The molecule has 2 aromatic carbocycles. The van der Waals surface area contributed by atoms with Gasteiger partial charge in [-0.05, 0) is 96.9 Å². The molecular formula is C38H52O4. The number of carboxylic acids is 1. The van der Waals surface area contributed by atoms with Gasteiger partial charge in [0.25, 0.3) is 0 Å². The normalized spacial score (nSPS) is 14.9. The lowest BCUT2D eigenvalue weighted by Crippen LogP contribution is -2.27. The molecule has 0 radical (unpaired) electrons. The van der Waals surface area contributed by atoms with E-state index in [1.165, 1.54) is 22.3 Å². The number of hydrogen-bond acceptors (Lipinski definition) is 3. The van der Waals surface area contributed by atoms with E-state index >= 15 is 0 Å². The van der Waals surface area contributed by atoms with Gasteiger partial charge in [0.15, 0.2) is 0 Å². The Balaban J connectivity index is 1.82. The molecule has 4 heteroatoms. The predicted molar refractivity (Wildman–Crippen MR) is 175 cm³/mol. The van der Waals surface area contributed by atoms with E-state index in [4.69, 9.17) is 9.84 Å². The van der Waals surface area contributed by atoms with Crippen LogP contribution in [-0.4, -0.2) is 22.8 Å². The first-order valence-electron chi connectivity index (χ1n) is 15.8. The maximum Gasteiger partial charge on any atom is 0.303 e. The molecule has 228 valence electrons. The first-order chi connectivity index (χ1) is 19.9. The van der Waals surface area contributed by atoms with Gasteiger partial charge in [-0.25, -0.2) is 0 Å². The van der Waals surface area contributed by atoms with E-state index in [2.05, 4.69) is 97.0 Å². The summed E-state index contributed by atoms with van der Waals surface area (Å²) < 4.78 is 6.18. The molecule has 1 aliphatic rings. The molecule has 2 N–H and O–H groups in total. The van der Waals surface area contributed by atoms with E-state index in [1.807, 2.05) is 12.1 Å². The fourth-order valence-corrected chi connectivity index (χ4v) is 6.13. The van der Waals surface area contributed by atoms with E-state index in [1.54, 1.807) is 0 Å². The van der Waals surface area contributed by atoms with Crippen LogP contribution < -0.4 is 0 Å². The zero-order valence-corrected chi connectivity index (χ0v) is 26.9. The van der Waals surface area contributed by atoms with Crippen LogP contribution in [0.3, 0.4) is 0 Å². The summed E-state index contributed by atoms with van der Waals surface area (Å²) in [6, 6.07) is 15.3. The summed E-state index contributed by atoms with van der Waals surface area (Å²) in [5, 5.41) is 19.7. The molecule has 42 heavy (non-hydrogen) atoms. The van der Waals surface area contributed by atoms with Gasteiger partial charge in [-0.1, -0.05) is 102 Å². The molecule has 0 heterocycles. The van der Waals surface area contributed by atoms with Gasteiger partial charge in [0.05, 0.1) is 12.7 Å². The fourth-order valence-electron chi connectivity index (χ4n) is 6.13. The Morgan fingerprint density at radius 2 is 1.67 bits per heavy atom. The standard InChI is InChI=1S/C38H52O4/c1-8-38(9-2,31-19-18-27(3)34(23-21-31)42-24-13-11-10-12-17-35(39)40)32-20-22-33(28(4)25-32)29-15-14-16-30(26-29)36(41)37(5,6)7/h14-16,18,20-23,25-26,36,41H,8-13,17,19,24H2,1-7H3,(H,39,40). The SMILES string of the molecule is CCC(CC)(C1=CC=C(OCCCCCCC(=O)O)C(C)=CC1)c1ccc(-c2cccc(C(O)C(C)(C)C)c2)c(C)c1. The first-order valence-corrected chi connectivity index (χ1v) is 15.8. The van der Waals surface area contributed by atoms with Crippen LogP contribution in [0.15, 0.2) is 77.6 Å². The summed E-state index contributed by atoms with van der Waals surface area (Å²) >= 11 is 0. The summed E-state index contributed by atoms with van der Waals surface area (Å²) in [7, 11) is 0. The average Bonchev–Trinajstić information content (AvgIpc) is 3.14. The van der Waals surface area contributed by atoms with Crippen molar-refractivity contribution in [3.05, 3.63) is 94.3 Å². The van der Waals surface area contributed by atoms with Crippen molar-refractivity contribution in [1.82, 2.24) is 0 Å². The fraction of sp³-hybridized carbons (Fsp3) is 0.500. The van der Waals surface area contributed by atoms with Gasteiger partial charge in [-0.3, -0.25) is 4.79 Å². The van der Waals surface area contributed by atoms with Crippen LogP contribution in [0.5, 0.6) is 0 Å². The third kappa shape index (κ3) is 8.25. The van der Waals surface area contributed by atoms with Gasteiger partial charge < -0.3 is 14.9 Å². The molecule has 0 aliphatic heterocycles. The van der Waals surface area contributed by atoms with Crippen molar-refractivity contribution >= 4 is 5.97 Å². The van der Waals surface area contributed by atoms with E-state index in [9.17, 15) is 9.90 Å². The number of rotatable bonds is 14. The first kappa shape index (κ1) is 33.4. The third-order valence-corrected chi connectivity index (χ3v) is 8.93. The quantitative estimate of drug-likeness (QED) is 0.221. The lowest BCUT2D eigenvalue weighted by molar-refractivity contribution is -0.137. The summed E-state index contributed by atoms with van der Waals surface area (Å²) in [4.78, 5) is 10.7. The Hall–Kier alpha value is -3.11. The summed E-state index contributed by atoms with van der Waals surface area (Å²) in [5.74, 6) is 0.210. The highest BCUT2D eigenvalue weighted by molar-refractivity contribution is 5.69. The van der Waals surface area contributed by atoms with Crippen molar-refractivity contribution in [3.63, 3.8) is 0 Å². The second-order valence-electron chi connectivity index (χ2n) is 12.9. The average molecular weight is 573 g/mol. The molecule has 0 saturated heterocycles. The Morgan fingerprint density at radius 1 is 0.952 bits per heavy atom. The number of benzene rings is 2. The van der Waals surface area contributed by atoms with Crippen molar-refractivity contribution < 1.29 is 19.7 Å². The van der Waals surface area contributed by atoms with Gasteiger partial charge in [0.1, 0.15) is 5.76 Å². The molecule has 0 aromatic heterocycles. The molecule has 0 saturated carbocycles. The van der Waals surface area contributed by atoms with Gasteiger partial charge in [0, 0.05) is 11.8 Å². The monoisotopic (exact) mass is 572 g/mol. The smallest absolute Gasteiger partial charge is 0.303 e. The van der Waals surface area contributed by atoms with E-state index in [0.717, 1.165) is 67.4 Å². The maximum absolute atomic E-state index is 10.9. The topological polar surface area (TPSA) is 66.8 Å². The van der Waals surface area contributed by atoms with E-state index in [0.29, 0.717) is 6.61 Å². The summed E-state index contributed by atoms with van der Waals surface area (Å²) in [6.07, 6.45) is 12.9. The number of carboxylic acid groups (broad SMARTS) is 1. The van der Waals surface area contributed by atoms with Crippen molar-refractivity contribution in [1.29, 1.82) is 0 Å². The van der Waals surface area contributed by atoms with Crippen LogP contribution in [0, 0.1) is 12.3 Å². The second-order valence-corrected chi connectivity index (χ2v) is 12.9. The molecule has 1 atom stereocenters. The zero-order chi connectivity index (χ0) is 30.9.